The number of anilines is 1. The molecule has 0 aliphatic rings. The second-order valence-electron chi connectivity index (χ2n) is 5.15. The zero-order chi connectivity index (χ0) is 16.4. The lowest BCUT2D eigenvalue weighted by Gasteiger charge is -2.16. The molecule has 0 N–H and O–H groups in total. The van der Waals surface area contributed by atoms with Gasteiger partial charge in [-0.15, -0.1) is 0 Å². The molecule has 0 radical (unpaired) electrons. The van der Waals surface area contributed by atoms with E-state index >= 15 is 0 Å². The molecule has 3 aromatic rings. The van der Waals surface area contributed by atoms with Gasteiger partial charge in [0.15, 0.2) is 17.1 Å². The molecule has 0 amide bonds. The second-order valence-corrected chi connectivity index (χ2v) is 5.15. The fourth-order valence-electron chi connectivity index (χ4n) is 2.37. The largest absolute Gasteiger partial charge is 0.493 e. The van der Waals surface area contributed by atoms with Crippen LogP contribution in [0.15, 0.2) is 40.8 Å². The first-order valence-electron chi connectivity index (χ1n) is 7.09. The Balaban J connectivity index is 1.83. The van der Waals surface area contributed by atoms with Crippen molar-refractivity contribution in [2.75, 3.05) is 26.2 Å². The standard InChI is InChI=1S/C17H17FN2O3/c1-20(10-11-4-7-14(21-2)16(8-11)22-3)17-19-13-6-5-12(18)9-15(13)23-17/h4-9H,10H2,1-3H3. The van der Waals surface area contributed by atoms with Crippen LogP contribution >= 0.6 is 0 Å². The molecule has 0 fully saturated rings. The minimum atomic E-state index is -0.345. The van der Waals surface area contributed by atoms with E-state index < -0.39 is 0 Å². The molecule has 1 aromatic heterocycles. The summed E-state index contributed by atoms with van der Waals surface area (Å²) < 4.78 is 29.4. The van der Waals surface area contributed by atoms with E-state index in [9.17, 15) is 4.39 Å². The number of ether oxygens (including phenoxy) is 2. The summed E-state index contributed by atoms with van der Waals surface area (Å²) in [6.45, 7) is 0.565. The average molecular weight is 316 g/mol. The Morgan fingerprint density at radius 1 is 1.09 bits per heavy atom. The average Bonchev–Trinajstić information content (AvgIpc) is 2.97. The topological polar surface area (TPSA) is 47.7 Å². The molecule has 0 aliphatic carbocycles. The van der Waals surface area contributed by atoms with Crippen LogP contribution in [0.3, 0.4) is 0 Å². The van der Waals surface area contributed by atoms with E-state index in [-0.39, 0.29) is 5.82 Å². The van der Waals surface area contributed by atoms with Crippen LogP contribution in [-0.2, 0) is 6.54 Å². The lowest BCUT2D eigenvalue weighted by Crippen LogP contribution is -2.16. The van der Waals surface area contributed by atoms with Gasteiger partial charge in [-0.05, 0) is 29.8 Å². The maximum Gasteiger partial charge on any atom is 0.298 e. The number of methoxy groups -OCH3 is 2. The lowest BCUT2D eigenvalue weighted by molar-refractivity contribution is 0.354. The van der Waals surface area contributed by atoms with Crippen LogP contribution < -0.4 is 14.4 Å². The Kier molecular flexibility index (Phi) is 4.06. The van der Waals surface area contributed by atoms with Crippen molar-refractivity contribution in [3.8, 4) is 11.5 Å². The highest BCUT2D eigenvalue weighted by molar-refractivity contribution is 5.74. The highest BCUT2D eigenvalue weighted by Gasteiger charge is 2.13. The van der Waals surface area contributed by atoms with Gasteiger partial charge in [0.25, 0.3) is 6.01 Å². The Bertz CT molecular complexity index is 832. The van der Waals surface area contributed by atoms with Gasteiger partial charge in [-0.1, -0.05) is 6.07 Å². The number of benzene rings is 2. The molecule has 0 unspecified atom stereocenters. The van der Waals surface area contributed by atoms with Crippen LogP contribution in [0.2, 0.25) is 0 Å². The third-order valence-electron chi connectivity index (χ3n) is 3.53. The van der Waals surface area contributed by atoms with Crippen molar-refractivity contribution >= 4 is 17.1 Å². The van der Waals surface area contributed by atoms with Crippen molar-refractivity contribution in [2.45, 2.75) is 6.54 Å². The van der Waals surface area contributed by atoms with Crippen molar-refractivity contribution in [3.63, 3.8) is 0 Å². The zero-order valence-electron chi connectivity index (χ0n) is 13.2. The summed E-state index contributed by atoms with van der Waals surface area (Å²) in [5.41, 5.74) is 2.07. The van der Waals surface area contributed by atoms with E-state index in [4.69, 9.17) is 13.9 Å². The van der Waals surface area contributed by atoms with Gasteiger partial charge in [0.05, 0.1) is 14.2 Å². The molecular weight excluding hydrogens is 299 g/mol. The van der Waals surface area contributed by atoms with Crippen molar-refractivity contribution in [3.05, 3.63) is 47.8 Å². The summed E-state index contributed by atoms with van der Waals surface area (Å²) in [5.74, 6) is 0.997. The fraction of sp³-hybridized carbons (Fsp3) is 0.235. The molecule has 0 spiro atoms. The maximum atomic E-state index is 13.2. The summed E-state index contributed by atoms with van der Waals surface area (Å²) in [7, 11) is 5.06. The minimum absolute atomic E-state index is 0.345. The number of hydrogen-bond donors (Lipinski definition) is 0. The fourth-order valence-corrected chi connectivity index (χ4v) is 2.37. The first-order valence-corrected chi connectivity index (χ1v) is 7.09. The summed E-state index contributed by atoms with van der Waals surface area (Å²) in [4.78, 5) is 6.21. The molecule has 120 valence electrons. The first kappa shape index (κ1) is 15.1. The van der Waals surface area contributed by atoms with Crippen LogP contribution in [-0.4, -0.2) is 26.3 Å². The highest BCUT2D eigenvalue weighted by Crippen LogP contribution is 2.29. The van der Waals surface area contributed by atoms with Crippen molar-refractivity contribution in [2.24, 2.45) is 0 Å². The number of nitrogens with zero attached hydrogens (tertiary/aromatic N) is 2. The second kappa shape index (κ2) is 6.16. The van der Waals surface area contributed by atoms with Crippen LogP contribution in [0.4, 0.5) is 10.4 Å². The quantitative estimate of drug-likeness (QED) is 0.719. The Hall–Kier alpha value is -2.76. The first-order chi connectivity index (χ1) is 11.1. The van der Waals surface area contributed by atoms with E-state index in [0.29, 0.717) is 35.2 Å². The molecule has 6 heteroatoms. The molecule has 1 heterocycles. The van der Waals surface area contributed by atoms with E-state index in [1.165, 1.54) is 12.1 Å². The van der Waals surface area contributed by atoms with Crippen molar-refractivity contribution in [1.82, 2.24) is 4.98 Å². The minimum Gasteiger partial charge on any atom is -0.493 e. The maximum absolute atomic E-state index is 13.2. The monoisotopic (exact) mass is 316 g/mol. The Morgan fingerprint density at radius 2 is 1.87 bits per heavy atom. The molecule has 23 heavy (non-hydrogen) atoms. The molecule has 0 atom stereocenters. The predicted octanol–water partition coefficient (Wildman–Crippen LogP) is 3.62. The Morgan fingerprint density at radius 3 is 2.61 bits per heavy atom. The van der Waals surface area contributed by atoms with Gasteiger partial charge in [-0.2, -0.15) is 4.98 Å². The molecule has 0 saturated carbocycles. The van der Waals surface area contributed by atoms with Gasteiger partial charge in [0, 0.05) is 19.7 Å². The van der Waals surface area contributed by atoms with Crippen molar-refractivity contribution in [1.29, 1.82) is 0 Å². The summed E-state index contributed by atoms with van der Waals surface area (Å²) >= 11 is 0. The van der Waals surface area contributed by atoms with Gasteiger partial charge in [-0.3, -0.25) is 0 Å². The van der Waals surface area contributed by atoms with Crippen LogP contribution in [0.1, 0.15) is 5.56 Å². The van der Waals surface area contributed by atoms with E-state index in [1.807, 2.05) is 30.1 Å². The third-order valence-corrected chi connectivity index (χ3v) is 3.53. The molecule has 2 aromatic carbocycles. The number of rotatable bonds is 5. The van der Waals surface area contributed by atoms with E-state index in [0.717, 1.165) is 5.56 Å². The van der Waals surface area contributed by atoms with Gasteiger partial charge >= 0.3 is 0 Å². The zero-order valence-corrected chi connectivity index (χ0v) is 13.2. The van der Waals surface area contributed by atoms with Crippen LogP contribution in [0, 0.1) is 5.82 Å². The van der Waals surface area contributed by atoms with E-state index in [1.54, 1.807) is 20.3 Å². The third kappa shape index (κ3) is 3.06. The van der Waals surface area contributed by atoms with Crippen molar-refractivity contribution < 1.29 is 18.3 Å². The van der Waals surface area contributed by atoms with Gasteiger partial charge < -0.3 is 18.8 Å². The normalized spacial score (nSPS) is 10.8. The number of fused-ring (bicyclic) bond motifs is 1. The molecule has 0 saturated heterocycles. The lowest BCUT2D eigenvalue weighted by atomic mass is 10.2. The summed E-state index contributed by atoms with van der Waals surface area (Å²) in [5, 5.41) is 0. The van der Waals surface area contributed by atoms with Gasteiger partial charge in [-0.25, -0.2) is 4.39 Å². The van der Waals surface area contributed by atoms with E-state index in [2.05, 4.69) is 4.98 Å². The van der Waals surface area contributed by atoms with Crippen LogP contribution in [0.25, 0.3) is 11.1 Å². The van der Waals surface area contributed by atoms with Gasteiger partial charge in [0.1, 0.15) is 11.3 Å². The molecule has 5 nitrogen and oxygen atoms in total. The molecule has 0 aliphatic heterocycles. The highest BCUT2D eigenvalue weighted by atomic mass is 19.1. The number of aromatic nitrogens is 1. The molecular formula is C17H17FN2O3. The Labute approximate surface area is 133 Å². The number of oxazole rings is 1. The summed E-state index contributed by atoms with van der Waals surface area (Å²) in [6, 6.07) is 10.4. The molecule has 3 rings (SSSR count). The smallest absolute Gasteiger partial charge is 0.298 e. The summed E-state index contributed by atoms with van der Waals surface area (Å²) in [6.07, 6.45) is 0. The number of halogens is 1. The molecule has 0 bridgehead atoms. The predicted molar refractivity (Wildman–Crippen MR) is 85.6 cm³/mol. The van der Waals surface area contributed by atoms with Gasteiger partial charge in [0.2, 0.25) is 0 Å². The number of hydrogen-bond acceptors (Lipinski definition) is 5. The van der Waals surface area contributed by atoms with Crippen LogP contribution in [0.5, 0.6) is 11.5 Å². The SMILES string of the molecule is COc1ccc(CN(C)c2nc3ccc(F)cc3o2)cc1OC.